The van der Waals surface area contributed by atoms with Gasteiger partial charge < -0.3 is 0 Å². The van der Waals surface area contributed by atoms with Crippen molar-refractivity contribution in [1.82, 2.24) is 14.1 Å². The van der Waals surface area contributed by atoms with Crippen molar-refractivity contribution in [3.63, 3.8) is 0 Å². The van der Waals surface area contributed by atoms with E-state index in [0.717, 1.165) is 29.8 Å². The molecule has 5 nitrogen and oxygen atoms in total. The highest BCUT2D eigenvalue weighted by Crippen LogP contribution is 2.19. The molecule has 24 heavy (non-hydrogen) atoms. The highest BCUT2D eigenvalue weighted by molar-refractivity contribution is 7.89. The summed E-state index contributed by atoms with van der Waals surface area (Å²) >= 11 is 0. The lowest BCUT2D eigenvalue weighted by Gasteiger charge is -2.17. The zero-order chi connectivity index (χ0) is 17.9. The number of sulfonamides is 1. The van der Waals surface area contributed by atoms with E-state index >= 15 is 0 Å². The van der Waals surface area contributed by atoms with Crippen molar-refractivity contribution in [1.29, 1.82) is 0 Å². The fourth-order valence-electron chi connectivity index (χ4n) is 2.65. The summed E-state index contributed by atoms with van der Waals surface area (Å²) in [6.07, 6.45) is 2.86. The molecule has 0 aliphatic carbocycles. The summed E-state index contributed by atoms with van der Waals surface area (Å²) in [6.45, 7) is 9.31. The summed E-state index contributed by atoms with van der Waals surface area (Å²) in [5.74, 6) is 0.549. The number of aromatic nitrogens is 2. The van der Waals surface area contributed by atoms with Crippen molar-refractivity contribution in [3.8, 4) is 0 Å². The van der Waals surface area contributed by atoms with Crippen LogP contribution in [-0.4, -0.2) is 29.6 Å². The maximum Gasteiger partial charge on any atom is 0.243 e. The lowest BCUT2D eigenvalue weighted by atomic mass is 10.0. The van der Waals surface area contributed by atoms with E-state index in [4.69, 9.17) is 0 Å². The molecule has 0 atom stereocenters. The Kier molecular flexibility index (Phi) is 5.83. The molecule has 6 heteroatoms. The van der Waals surface area contributed by atoms with Crippen LogP contribution in [0.15, 0.2) is 35.4 Å². The van der Waals surface area contributed by atoms with Gasteiger partial charge >= 0.3 is 0 Å². The molecule has 1 aromatic heterocycles. The molecule has 1 aromatic carbocycles. The smallest absolute Gasteiger partial charge is 0.243 e. The van der Waals surface area contributed by atoms with Gasteiger partial charge in [-0.2, -0.15) is 9.40 Å². The van der Waals surface area contributed by atoms with E-state index in [9.17, 15) is 8.42 Å². The SMILES string of the molecule is CCn1cc(CN(C)S(=O)(=O)c2ccc(CC(C)C)cc2)c(C)n1. The van der Waals surface area contributed by atoms with Crippen molar-refractivity contribution < 1.29 is 8.42 Å². The molecule has 0 radical (unpaired) electrons. The highest BCUT2D eigenvalue weighted by Gasteiger charge is 2.22. The van der Waals surface area contributed by atoms with Gasteiger partial charge in [0.2, 0.25) is 10.0 Å². The maximum atomic E-state index is 12.8. The molecule has 1 heterocycles. The first-order valence-corrected chi connectivity index (χ1v) is 9.76. The molecule has 0 saturated carbocycles. The van der Waals surface area contributed by atoms with E-state index < -0.39 is 10.0 Å². The Morgan fingerprint density at radius 3 is 2.33 bits per heavy atom. The van der Waals surface area contributed by atoms with Gasteiger partial charge in [0.1, 0.15) is 0 Å². The number of hydrogen-bond donors (Lipinski definition) is 0. The Hall–Kier alpha value is -1.66. The van der Waals surface area contributed by atoms with Gasteiger partial charge in [-0.3, -0.25) is 4.68 Å². The topological polar surface area (TPSA) is 55.2 Å². The van der Waals surface area contributed by atoms with Gasteiger partial charge in [0.05, 0.1) is 10.6 Å². The van der Waals surface area contributed by atoms with Crippen LogP contribution in [-0.2, 0) is 29.5 Å². The molecule has 0 saturated heterocycles. The van der Waals surface area contributed by atoms with Crippen molar-refractivity contribution in [2.75, 3.05) is 7.05 Å². The van der Waals surface area contributed by atoms with Crippen LogP contribution in [0.2, 0.25) is 0 Å². The molecular formula is C18H27N3O2S. The first kappa shape index (κ1) is 18.7. The standard InChI is InChI=1S/C18H27N3O2S/c1-6-21-13-17(15(4)19-21)12-20(5)24(22,23)18-9-7-16(8-10-18)11-14(2)3/h7-10,13-14H,6,11-12H2,1-5H3. The molecule has 2 aromatic rings. The molecule has 0 aliphatic heterocycles. The first-order valence-electron chi connectivity index (χ1n) is 8.32. The van der Waals surface area contributed by atoms with Gasteiger partial charge in [-0.1, -0.05) is 26.0 Å². The van der Waals surface area contributed by atoms with Crippen LogP contribution in [0, 0.1) is 12.8 Å². The third-order valence-electron chi connectivity index (χ3n) is 4.04. The maximum absolute atomic E-state index is 12.8. The Labute approximate surface area is 145 Å². The molecule has 0 spiro atoms. The second-order valence-corrected chi connectivity index (χ2v) is 8.64. The van der Waals surface area contributed by atoms with E-state index in [1.54, 1.807) is 19.2 Å². The second-order valence-electron chi connectivity index (χ2n) is 6.60. The predicted octanol–water partition coefficient (Wildman–Crippen LogP) is 3.23. The molecule has 132 valence electrons. The summed E-state index contributed by atoms with van der Waals surface area (Å²) in [7, 11) is -1.89. The Morgan fingerprint density at radius 1 is 1.21 bits per heavy atom. The van der Waals surface area contributed by atoms with E-state index in [1.807, 2.05) is 36.9 Å². The van der Waals surface area contributed by atoms with Gasteiger partial charge in [0.15, 0.2) is 0 Å². The summed E-state index contributed by atoms with van der Waals surface area (Å²) in [6, 6.07) is 7.21. The molecule has 0 fully saturated rings. The number of hydrogen-bond acceptors (Lipinski definition) is 3. The second kappa shape index (κ2) is 7.49. The van der Waals surface area contributed by atoms with Crippen LogP contribution in [0.4, 0.5) is 0 Å². The Morgan fingerprint density at radius 2 is 1.83 bits per heavy atom. The van der Waals surface area contributed by atoms with E-state index in [0.29, 0.717) is 17.4 Å². The zero-order valence-corrected chi connectivity index (χ0v) is 16.0. The van der Waals surface area contributed by atoms with Gasteiger partial charge in [0.25, 0.3) is 0 Å². The Balaban J connectivity index is 2.17. The molecule has 0 unspecified atom stereocenters. The van der Waals surface area contributed by atoms with Gasteiger partial charge in [-0.15, -0.1) is 0 Å². The summed E-state index contributed by atoms with van der Waals surface area (Å²) in [5.41, 5.74) is 2.96. The highest BCUT2D eigenvalue weighted by atomic mass is 32.2. The predicted molar refractivity (Wildman–Crippen MR) is 96.3 cm³/mol. The molecule has 0 N–H and O–H groups in total. The quantitative estimate of drug-likeness (QED) is 0.771. The molecule has 0 aliphatic rings. The first-order chi connectivity index (χ1) is 11.2. The minimum atomic E-state index is -3.50. The monoisotopic (exact) mass is 349 g/mol. The average molecular weight is 350 g/mol. The molecule has 2 rings (SSSR count). The fraction of sp³-hybridized carbons (Fsp3) is 0.500. The Bertz CT molecular complexity index is 777. The van der Waals surface area contributed by atoms with Crippen molar-refractivity contribution in [2.45, 2.75) is 52.1 Å². The molecule has 0 amide bonds. The van der Waals surface area contributed by atoms with Crippen LogP contribution in [0.1, 0.15) is 37.6 Å². The van der Waals surface area contributed by atoms with E-state index in [-0.39, 0.29) is 0 Å². The third kappa shape index (κ3) is 4.24. The van der Waals surface area contributed by atoms with Gasteiger partial charge in [-0.25, -0.2) is 8.42 Å². The van der Waals surface area contributed by atoms with Crippen LogP contribution in [0.5, 0.6) is 0 Å². The average Bonchev–Trinajstić information content (AvgIpc) is 2.87. The third-order valence-corrected chi connectivity index (χ3v) is 5.86. The zero-order valence-electron chi connectivity index (χ0n) is 15.2. The fourth-order valence-corrected chi connectivity index (χ4v) is 3.80. The minimum Gasteiger partial charge on any atom is -0.272 e. The number of aryl methyl sites for hydroxylation is 2. The summed E-state index contributed by atoms with van der Waals surface area (Å²) in [5, 5.41) is 4.37. The largest absolute Gasteiger partial charge is 0.272 e. The minimum absolute atomic E-state index is 0.321. The molecular weight excluding hydrogens is 322 g/mol. The summed E-state index contributed by atoms with van der Waals surface area (Å²) < 4.78 is 28.7. The van der Waals surface area contributed by atoms with Gasteiger partial charge in [-0.05, 0) is 43.9 Å². The summed E-state index contributed by atoms with van der Waals surface area (Å²) in [4.78, 5) is 0.332. The lowest BCUT2D eigenvalue weighted by Crippen LogP contribution is -2.26. The van der Waals surface area contributed by atoms with Crippen LogP contribution < -0.4 is 0 Å². The van der Waals surface area contributed by atoms with Crippen molar-refractivity contribution in [2.24, 2.45) is 5.92 Å². The number of benzene rings is 1. The normalized spacial score (nSPS) is 12.3. The van der Waals surface area contributed by atoms with Gasteiger partial charge in [0, 0.05) is 31.9 Å². The van der Waals surface area contributed by atoms with E-state index in [2.05, 4.69) is 18.9 Å². The lowest BCUT2D eigenvalue weighted by molar-refractivity contribution is 0.466. The van der Waals surface area contributed by atoms with Crippen LogP contribution in [0.3, 0.4) is 0 Å². The van der Waals surface area contributed by atoms with E-state index in [1.165, 1.54) is 4.31 Å². The number of rotatable bonds is 7. The van der Waals surface area contributed by atoms with Crippen molar-refractivity contribution in [3.05, 3.63) is 47.3 Å². The van der Waals surface area contributed by atoms with Crippen LogP contribution in [0.25, 0.3) is 0 Å². The van der Waals surface area contributed by atoms with Crippen molar-refractivity contribution >= 4 is 10.0 Å². The molecule has 0 bridgehead atoms. The number of nitrogens with zero attached hydrogens (tertiary/aromatic N) is 3. The van der Waals surface area contributed by atoms with Crippen LogP contribution >= 0.6 is 0 Å².